The molecule has 4 aromatic rings. The predicted octanol–water partition coefficient (Wildman–Crippen LogP) is 4.41. The van der Waals surface area contributed by atoms with Crippen molar-refractivity contribution in [2.24, 2.45) is 0 Å². The van der Waals surface area contributed by atoms with Gasteiger partial charge in [-0.1, -0.05) is 30.0 Å². The first-order valence-corrected chi connectivity index (χ1v) is 11.8. The highest BCUT2D eigenvalue weighted by Crippen LogP contribution is 2.33. The Labute approximate surface area is 191 Å². The number of rotatable bonds is 4. The van der Waals surface area contributed by atoms with Gasteiger partial charge >= 0.3 is 0 Å². The average Bonchev–Trinajstić information content (AvgIpc) is 3.27. The first kappa shape index (κ1) is 20.7. The number of aromatic nitrogens is 2. The van der Waals surface area contributed by atoms with E-state index in [1.54, 1.807) is 28.5 Å². The van der Waals surface area contributed by atoms with Crippen molar-refractivity contribution in [3.63, 3.8) is 0 Å². The van der Waals surface area contributed by atoms with Crippen LogP contribution in [0.2, 0.25) is 0 Å². The van der Waals surface area contributed by atoms with Gasteiger partial charge in [0.1, 0.15) is 22.9 Å². The maximum atomic E-state index is 14.6. The molecule has 2 aromatic carbocycles. The van der Waals surface area contributed by atoms with E-state index in [1.807, 2.05) is 25.1 Å². The number of hydrogen-bond donors (Lipinski definition) is 0. The Morgan fingerprint density at radius 1 is 1.22 bits per heavy atom. The number of halogens is 1. The lowest BCUT2D eigenvalue weighted by atomic mass is 10.1. The summed E-state index contributed by atoms with van der Waals surface area (Å²) < 4.78 is 21.9. The first-order chi connectivity index (χ1) is 15.5. The molecule has 1 aliphatic heterocycles. The summed E-state index contributed by atoms with van der Waals surface area (Å²) in [4.78, 5) is 32.5. The summed E-state index contributed by atoms with van der Waals surface area (Å²) >= 11 is 2.38. The molecule has 0 aliphatic carbocycles. The number of thioether (sulfide) groups is 1. The van der Waals surface area contributed by atoms with Gasteiger partial charge in [0.15, 0.2) is 5.16 Å². The highest BCUT2D eigenvalue weighted by atomic mass is 32.2. The Morgan fingerprint density at radius 2 is 2.06 bits per heavy atom. The summed E-state index contributed by atoms with van der Waals surface area (Å²) in [6, 6.07) is 13.5. The number of carbonyl (C=O) groups excluding carboxylic acids is 1. The number of ether oxygens (including phenoxy) is 1. The van der Waals surface area contributed by atoms with Crippen LogP contribution in [-0.4, -0.2) is 34.4 Å². The van der Waals surface area contributed by atoms with Crippen LogP contribution in [0.15, 0.2) is 63.9 Å². The highest BCUT2D eigenvalue weighted by molar-refractivity contribution is 7.99. The molecule has 6 nitrogen and oxygen atoms in total. The Hall–Kier alpha value is -3.17. The molecule has 0 radical (unpaired) electrons. The van der Waals surface area contributed by atoms with Crippen LogP contribution in [0.1, 0.15) is 5.56 Å². The minimum Gasteiger partial charge on any atom is -0.490 e. The van der Waals surface area contributed by atoms with Crippen LogP contribution in [-0.2, 0) is 4.79 Å². The van der Waals surface area contributed by atoms with Gasteiger partial charge in [-0.2, -0.15) is 0 Å². The fourth-order valence-electron chi connectivity index (χ4n) is 3.63. The summed E-state index contributed by atoms with van der Waals surface area (Å²) in [5.74, 6) is 0.0495. The summed E-state index contributed by atoms with van der Waals surface area (Å²) in [6.07, 6.45) is 0. The van der Waals surface area contributed by atoms with Crippen molar-refractivity contribution in [2.75, 3.05) is 23.8 Å². The molecular formula is C23H18FN3O3S2. The van der Waals surface area contributed by atoms with Gasteiger partial charge in [0.25, 0.3) is 5.56 Å². The number of para-hydroxylation sites is 1. The fraction of sp³-hybridized carbons (Fsp3) is 0.174. The molecule has 32 heavy (non-hydrogen) atoms. The van der Waals surface area contributed by atoms with Crippen molar-refractivity contribution in [1.82, 2.24) is 9.55 Å². The molecule has 3 heterocycles. The van der Waals surface area contributed by atoms with Gasteiger partial charge in [0.05, 0.1) is 29.2 Å². The standard InChI is InChI=1S/C23H18FN3O3S2/c1-14-6-7-19-18(12-14)26(9-10-30-19)20(28)13-32-23-25-16-8-11-31-21(16)22(29)27(23)17-5-3-2-4-15(17)24/h2-8,11-12H,9-10,13H2,1H3. The number of anilines is 1. The summed E-state index contributed by atoms with van der Waals surface area (Å²) in [6.45, 7) is 2.80. The van der Waals surface area contributed by atoms with E-state index in [9.17, 15) is 14.0 Å². The lowest BCUT2D eigenvalue weighted by Crippen LogP contribution is -2.39. The van der Waals surface area contributed by atoms with Crippen LogP contribution in [0.4, 0.5) is 10.1 Å². The van der Waals surface area contributed by atoms with Gasteiger partial charge < -0.3 is 9.64 Å². The Kier molecular flexibility index (Phi) is 5.44. The van der Waals surface area contributed by atoms with Gasteiger partial charge in [-0.15, -0.1) is 11.3 Å². The molecule has 162 valence electrons. The van der Waals surface area contributed by atoms with E-state index in [1.165, 1.54) is 28.0 Å². The molecule has 0 spiro atoms. The van der Waals surface area contributed by atoms with E-state index < -0.39 is 5.82 Å². The van der Waals surface area contributed by atoms with Crippen molar-refractivity contribution < 1.29 is 13.9 Å². The lowest BCUT2D eigenvalue weighted by Gasteiger charge is -2.29. The van der Waals surface area contributed by atoms with Gasteiger partial charge in [-0.25, -0.2) is 9.37 Å². The monoisotopic (exact) mass is 467 g/mol. The summed E-state index contributed by atoms with van der Waals surface area (Å²) in [5.41, 5.74) is 2.06. The highest BCUT2D eigenvalue weighted by Gasteiger charge is 2.25. The van der Waals surface area contributed by atoms with Gasteiger partial charge in [-0.05, 0) is 48.2 Å². The number of carbonyl (C=O) groups is 1. The van der Waals surface area contributed by atoms with Crippen molar-refractivity contribution in [1.29, 1.82) is 0 Å². The number of fused-ring (bicyclic) bond motifs is 2. The third-order valence-corrected chi connectivity index (χ3v) is 6.96. The van der Waals surface area contributed by atoms with E-state index in [0.717, 1.165) is 23.0 Å². The molecule has 1 aliphatic rings. The zero-order valence-corrected chi connectivity index (χ0v) is 18.7. The molecule has 2 aromatic heterocycles. The van der Waals surface area contributed by atoms with Gasteiger partial charge in [-0.3, -0.25) is 14.2 Å². The molecule has 0 saturated carbocycles. The number of nitrogens with zero attached hydrogens (tertiary/aromatic N) is 3. The molecule has 0 bridgehead atoms. The maximum Gasteiger partial charge on any atom is 0.276 e. The van der Waals surface area contributed by atoms with Crippen molar-refractivity contribution in [3.8, 4) is 11.4 Å². The molecule has 0 N–H and O–H groups in total. The van der Waals surface area contributed by atoms with E-state index in [2.05, 4.69) is 4.98 Å². The normalized spacial score (nSPS) is 13.1. The molecule has 0 atom stereocenters. The zero-order valence-electron chi connectivity index (χ0n) is 17.1. The zero-order chi connectivity index (χ0) is 22.2. The Bertz CT molecular complexity index is 1400. The van der Waals surface area contributed by atoms with E-state index >= 15 is 0 Å². The van der Waals surface area contributed by atoms with Gasteiger partial charge in [0, 0.05) is 0 Å². The van der Waals surface area contributed by atoms with Gasteiger partial charge in [0.2, 0.25) is 5.91 Å². The number of thiophene rings is 1. The van der Waals surface area contributed by atoms with Crippen LogP contribution in [0, 0.1) is 12.7 Å². The molecular weight excluding hydrogens is 449 g/mol. The topological polar surface area (TPSA) is 64.4 Å². The second kappa shape index (κ2) is 8.40. The van der Waals surface area contributed by atoms with Crippen LogP contribution >= 0.6 is 23.1 Å². The number of hydrogen-bond acceptors (Lipinski definition) is 6. The molecule has 0 fully saturated rings. The third-order valence-electron chi connectivity index (χ3n) is 5.15. The second-order valence-corrected chi connectivity index (χ2v) is 9.13. The number of benzene rings is 2. The van der Waals surface area contributed by atoms with Crippen molar-refractivity contribution in [3.05, 3.63) is 75.6 Å². The molecule has 9 heteroatoms. The SMILES string of the molecule is Cc1ccc2c(c1)N(C(=O)CSc1nc3ccsc3c(=O)n1-c1ccccc1F)CCO2. The molecule has 1 amide bonds. The van der Waals surface area contributed by atoms with E-state index in [0.29, 0.717) is 29.1 Å². The number of amides is 1. The fourth-order valence-corrected chi connectivity index (χ4v) is 5.27. The molecule has 0 saturated heterocycles. The average molecular weight is 468 g/mol. The number of aryl methyl sites for hydroxylation is 1. The van der Waals surface area contributed by atoms with Crippen molar-refractivity contribution in [2.45, 2.75) is 12.1 Å². The molecule has 0 unspecified atom stereocenters. The second-order valence-electron chi connectivity index (χ2n) is 7.28. The van der Waals surface area contributed by atoms with Crippen LogP contribution in [0.3, 0.4) is 0 Å². The predicted molar refractivity (Wildman–Crippen MR) is 125 cm³/mol. The summed E-state index contributed by atoms with van der Waals surface area (Å²) in [7, 11) is 0. The Morgan fingerprint density at radius 3 is 2.91 bits per heavy atom. The van der Waals surface area contributed by atoms with Crippen LogP contribution < -0.4 is 15.2 Å². The lowest BCUT2D eigenvalue weighted by molar-refractivity contribution is -0.116. The quantitative estimate of drug-likeness (QED) is 0.329. The molecule has 5 rings (SSSR count). The minimum atomic E-state index is -0.530. The first-order valence-electron chi connectivity index (χ1n) is 9.95. The Balaban J connectivity index is 1.50. The van der Waals surface area contributed by atoms with E-state index in [-0.39, 0.29) is 28.1 Å². The smallest absolute Gasteiger partial charge is 0.276 e. The largest absolute Gasteiger partial charge is 0.490 e. The van der Waals surface area contributed by atoms with E-state index in [4.69, 9.17) is 4.74 Å². The third kappa shape index (κ3) is 3.67. The minimum absolute atomic E-state index is 0.0456. The summed E-state index contributed by atoms with van der Waals surface area (Å²) in [5, 5.41) is 2.05. The van der Waals surface area contributed by atoms with Crippen molar-refractivity contribution >= 4 is 44.9 Å². The van der Waals surface area contributed by atoms with Crippen LogP contribution in [0.5, 0.6) is 5.75 Å². The van der Waals surface area contributed by atoms with Crippen LogP contribution in [0.25, 0.3) is 15.9 Å². The maximum absolute atomic E-state index is 14.6.